The van der Waals surface area contributed by atoms with E-state index < -0.39 is 25.2 Å². The molecule has 0 saturated heterocycles. The highest BCUT2D eigenvalue weighted by Crippen LogP contribution is 2.46. The molecule has 29 heavy (non-hydrogen) atoms. The topological polar surface area (TPSA) is 57.5 Å². The average molecular weight is 503 g/mol. The SMILES string of the molecule is C=Cc1c(C)ccc(CSCc2ccc(C(F)(F)CP(=O)(O)O)c(Br)c2)c1C=C. The zero-order valence-electron chi connectivity index (χ0n) is 15.9. The highest BCUT2D eigenvalue weighted by atomic mass is 79.9. The summed E-state index contributed by atoms with van der Waals surface area (Å²) in [4.78, 5) is 17.8. The van der Waals surface area contributed by atoms with Crippen LogP contribution in [0.5, 0.6) is 0 Å². The molecule has 0 radical (unpaired) electrons. The number of aryl methyl sites for hydroxylation is 1. The largest absolute Gasteiger partial charge is 0.331 e. The number of thioether (sulfide) groups is 1. The van der Waals surface area contributed by atoms with Crippen LogP contribution in [0.2, 0.25) is 0 Å². The van der Waals surface area contributed by atoms with Crippen molar-refractivity contribution in [3.63, 3.8) is 0 Å². The van der Waals surface area contributed by atoms with Gasteiger partial charge in [0.05, 0.1) is 0 Å². The van der Waals surface area contributed by atoms with Gasteiger partial charge in [0.1, 0.15) is 6.16 Å². The fourth-order valence-corrected chi connectivity index (χ4v) is 5.39. The van der Waals surface area contributed by atoms with Crippen LogP contribution in [-0.2, 0) is 22.0 Å². The summed E-state index contributed by atoms with van der Waals surface area (Å²) in [6.45, 7) is 9.76. The highest BCUT2D eigenvalue weighted by Gasteiger charge is 2.40. The van der Waals surface area contributed by atoms with Crippen LogP contribution in [0.4, 0.5) is 8.78 Å². The Labute approximate surface area is 182 Å². The molecule has 0 aromatic heterocycles. The number of hydrogen-bond donors (Lipinski definition) is 2. The van der Waals surface area contributed by atoms with Gasteiger partial charge in [0.25, 0.3) is 5.92 Å². The van der Waals surface area contributed by atoms with Crippen LogP contribution in [0.15, 0.2) is 48.0 Å². The summed E-state index contributed by atoms with van der Waals surface area (Å²) < 4.78 is 39.4. The van der Waals surface area contributed by atoms with E-state index in [1.165, 1.54) is 6.07 Å². The molecular weight excluding hydrogens is 481 g/mol. The Morgan fingerprint density at radius 3 is 2.34 bits per heavy atom. The maximum absolute atomic E-state index is 14.2. The van der Waals surface area contributed by atoms with E-state index in [0.29, 0.717) is 5.75 Å². The van der Waals surface area contributed by atoms with Crippen molar-refractivity contribution in [1.29, 1.82) is 0 Å². The molecule has 3 nitrogen and oxygen atoms in total. The van der Waals surface area contributed by atoms with Crippen molar-refractivity contribution in [2.24, 2.45) is 0 Å². The summed E-state index contributed by atoms with van der Waals surface area (Å²) in [6, 6.07) is 8.42. The van der Waals surface area contributed by atoms with Gasteiger partial charge in [-0.15, -0.1) is 0 Å². The summed E-state index contributed by atoms with van der Waals surface area (Å²) >= 11 is 4.74. The maximum Gasteiger partial charge on any atom is 0.331 e. The molecule has 2 aromatic rings. The van der Waals surface area contributed by atoms with Crippen molar-refractivity contribution in [1.82, 2.24) is 0 Å². The Kier molecular flexibility index (Phi) is 8.05. The van der Waals surface area contributed by atoms with Gasteiger partial charge in [-0.1, -0.05) is 65.5 Å². The fraction of sp³-hybridized carbons (Fsp3) is 0.238. The van der Waals surface area contributed by atoms with Gasteiger partial charge in [0.15, 0.2) is 0 Å². The van der Waals surface area contributed by atoms with E-state index in [-0.39, 0.29) is 4.47 Å². The van der Waals surface area contributed by atoms with E-state index in [1.807, 2.05) is 31.2 Å². The maximum atomic E-state index is 14.2. The molecule has 0 unspecified atom stereocenters. The molecule has 0 saturated carbocycles. The Balaban J connectivity index is 2.12. The second-order valence-electron chi connectivity index (χ2n) is 6.61. The summed E-state index contributed by atoms with van der Waals surface area (Å²) in [5, 5.41) is 0. The normalized spacial score (nSPS) is 12.1. The Bertz CT molecular complexity index is 973. The molecule has 2 aromatic carbocycles. The Morgan fingerprint density at radius 2 is 1.79 bits per heavy atom. The van der Waals surface area contributed by atoms with E-state index in [9.17, 15) is 13.3 Å². The van der Waals surface area contributed by atoms with Crippen molar-refractivity contribution in [3.8, 4) is 0 Å². The summed E-state index contributed by atoms with van der Waals surface area (Å²) in [5.74, 6) is -2.31. The van der Waals surface area contributed by atoms with Crippen molar-refractivity contribution < 1.29 is 23.1 Å². The van der Waals surface area contributed by atoms with Crippen molar-refractivity contribution in [3.05, 3.63) is 81.3 Å². The molecule has 156 valence electrons. The predicted octanol–water partition coefficient (Wildman–Crippen LogP) is 6.75. The smallest absolute Gasteiger partial charge is 0.324 e. The van der Waals surface area contributed by atoms with Gasteiger partial charge in [0.2, 0.25) is 0 Å². The molecule has 0 heterocycles. The van der Waals surface area contributed by atoms with E-state index in [1.54, 1.807) is 23.9 Å². The summed E-state index contributed by atoms with van der Waals surface area (Å²) in [5.41, 5.74) is 4.74. The third kappa shape index (κ3) is 6.37. The average Bonchev–Trinajstić information content (AvgIpc) is 2.60. The Hall–Kier alpha value is -1.24. The first-order chi connectivity index (χ1) is 13.5. The monoisotopic (exact) mass is 502 g/mol. The lowest BCUT2D eigenvalue weighted by molar-refractivity contribution is 0.0158. The van der Waals surface area contributed by atoms with E-state index in [4.69, 9.17) is 9.79 Å². The zero-order chi connectivity index (χ0) is 21.8. The van der Waals surface area contributed by atoms with Crippen LogP contribution in [0, 0.1) is 6.92 Å². The summed E-state index contributed by atoms with van der Waals surface area (Å²) in [6.07, 6.45) is 2.11. The lowest BCUT2D eigenvalue weighted by atomic mass is 9.97. The minimum atomic E-state index is -4.84. The molecule has 0 aliphatic carbocycles. The van der Waals surface area contributed by atoms with E-state index in [0.717, 1.165) is 33.6 Å². The number of alkyl halides is 2. The molecular formula is C21H22BrF2O3PS. The molecule has 2 rings (SSSR count). The van der Waals surface area contributed by atoms with Gasteiger partial charge in [-0.25, -0.2) is 8.78 Å². The first-order valence-corrected chi connectivity index (χ1v) is 12.4. The molecule has 0 amide bonds. The van der Waals surface area contributed by atoms with Gasteiger partial charge in [-0.2, -0.15) is 11.8 Å². The number of benzene rings is 2. The van der Waals surface area contributed by atoms with Gasteiger partial charge < -0.3 is 9.79 Å². The third-order valence-electron chi connectivity index (χ3n) is 4.36. The standard InChI is InChI=1S/C21H22BrF2O3PS/c1-4-17-14(3)6-8-16(18(17)5-2)12-29-11-15-7-9-19(20(22)10-15)21(23,24)13-28(25,26)27/h4-10H,1-2,11-13H2,3H3,(H2,25,26,27). The van der Waals surface area contributed by atoms with Crippen LogP contribution < -0.4 is 0 Å². The predicted molar refractivity (Wildman–Crippen MR) is 121 cm³/mol. The lowest BCUT2D eigenvalue weighted by Crippen LogP contribution is -2.19. The zero-order valence-corrected chi connectivity index (χ0v) is 19.2. The first-order valence-electron chi connectivity index (χ1n) is 8.65. The minimum Gasteiger partial charge on any atom is -0.324 e. The van der Waals surface area contributed by atoms with Gasteiger partial charge >= 0.3 is 7.60 Å². The number of rotatable bonds is 9. The molecule has 0 bridgehead atoms. The second-order valence-corrected chi connectivity index (χ2v) is 10.1. The summed E-state index contributed by atoms with van der Waals surface area (Å²) in [7, 11) is -4.84. The highest BCUT2D eigenvalue weighted by molar-refractivity contribution is 9.10. The van der Waals surface area contributed by atoms with E-state index >= 15 is 0 Å². The Morgan fingerprint density at radius 1 is 1.14 bits per heavy atom. The molecule has 0 atom stereocenters. The molecule has 0 aliphatic rings. The van der Waals surface area contributed by atoms with Gasteiger partial charge in [-0.05, 0) is 40.8 Å². The second kappa shape index (κ2) is 9.71. The first kappa shape index (κ1) is 24.0. The number of hydrogen-bond acceptors (Lipinski definition) is 2. The lowest BCUT2D eigenvalue weighted by Gasteiger charge is -2.19. The van der Waals surface area contributed by atoms with Crippen LogP contribution in [-0.4, -0.2) is 15.9 Å². The number of halogens is 3. The van der Waals surface area contributed by atoms with Gasteiger partial charge in [-0.3, -0.25) is 4.57 Å². The van der Waals surface area contributed by atoms with Crippen molar-refractivity contribution >= 4 is 47.4 Å². The van der Waals surface area contributed by atoms with Crippen LogP contribution in [0.1, 0.15) is 33.4 Å². The quantitative estimate of drug-likeness (QED) is 0.372. The van der Waals surface area contributed by atoms with Crippen LogP contribution in [0.25, 0.3) is 12.2 Å². The minimum absolute atomic E-state index is 0.130. The van der Waals surface area contributed by atoms with E-state index in [2.05, 4.69) is 29.1 Å². The molecule has 8 heteroatoms. The van der Waals surface area contributed by atoms with Crippen LogP contribution in [0.3, 0.4) is 0 Å². The fourth-order valence-electron chi connectivity index (χ4n) is 3.00. The van der Waals surface area contributed by atoms with Gasteiger partial charge in [0, 0.05) is 21.5 Å². The van der Waals surface area contributed by atoms with Crippen LogP contribution >= 0.6 is 35.3 Å². The third-order valence-corrected chi connectivity index (χ3v) is 6.88. The molecule has 2 N–H and O–H groups in total. The molecule has 0 fully saturated rings. The van der Waals surface area contributed by atoms with Crippen molar-refractivity contribution in [2.45, 2.75) is 24.4 Å². The van der Waals surface area contributed by atoms with Crippen molar-refractivity contribution in [2.75, 3.05) is 6.16 Å². The molecule has 0 aliphatic heterocycles. The molecule has 0 spiro atoms.